The third kappa shape index (κ3) is 3.38. The van der Waals surface area contributed by atoms with E-state index < -0.39 is 12.1 Å². The number of carbonyl (C=O) groups excluding carboxylic acids is 2. The molecule has 0 aromatic carbocycles. The molecule has 3 amide bonds. The van der Waals surface area contributed by atoms with Crippen LogP contribution in [-0.4, -0.2) is 71.7 Å². The Morgan fingerprint density at radius 2 is 1.90 bits per heavy atom. The highest BCUT2D eigenvalue weighted by Gasteiger charge is 2.34. The minimum absolute atomic E-state index is 0.117. The van der Waals surface area contributed by atoms with Crippen LogP contribution in [0.15, 0.2) is 0 Å². The highest BCUT2D eigenvalue weighted by molar-refractivity contribution is 5.80. The second-order valence-electron chi connectivity index (χ2n) is 5.15. The lowest BCUT2D eigenvalue weighted by Gasteiger charge is -2.34. The minimum atomic E-state index is -0.945. The Morgan fingerprint density at radius 3 is 2.50 bits per heavy atom. The van der Waals surface area contributed by atoms with Crippen molar-refractivity contribution < 1.29 is 24.2 Å². The summed E-state index contributed by atoms with van der Waals surface area (Å²) in [6, 6.07) is -0.174. The molecule has 0 aromatic heterocycles. The van der Waals surface area contributed by atoms with Crippen molar-refractivity contribution in [2.24, 2.45) is 11.7 Å². The second-order valence-corrected chi connectivity index (χ2v) is 5.15. The Bertz CT molecular complexity index is 414. The summed E-state index contributed by atoms with van der Waals surface area (Å²) >= 11 is 0. The van der Waals surface area contributed by atoms with Crippen molar-refractivity contribution in [2.45, 2.75) is 18.9 Å². The predicted molar refractivity (Wildman–Crippen MR) is 67.8 cm³/mol. The highest BCUT2D eigenvalue weighted by atomic mass is 16.5. The summed E-state index contributed by atoms with van der Waals surface area (Å²) in [4.78, 5) is 37.3. The first-order chi connectivity index (χ1) is 9.47. The predicted octanol–water partition coefficient (Wildman–Crippen LogP) is -0.911. The van der Waals surface area contributed by atoms with E-state index in [0.717, 1.165) is 0 Å². The Kier molecular flexibility index (Phi) is 4.43. The molecule has 2 aliphatic heterocycles. The molecule has 2 saturated heterocycles. The fourth-order valence-corrected chi connectivity index (χ4v) is 2.58. The van der Waals surface area contributed by atoms with Gasteiger partial charge in [0.1, 0.15) is 0 Å². The van der Waals surface area contributed by atoms with E-state index in [2.05, 4.69) is 0 Å². The molecular weight excluding hydrogens is 266 g/mol. The molecule has 0 spiro atoms. The van der Waals surface area contributed by atoms with E-state index >= 15 is 0 Å². The molecule has 2 fully saturated rings. The molecule has 2 atom stereocenters. The number of hydrogen-bond acceptors (Lipinski definition) is 4. The third-order valence-electron chi connectivity index (χ3n) is 3.67. The van der Waals surface area contributed by atoms with Gasteiger partial charge >= 0.3 is 12.0 Å². The molecule has 2 rings (SSSR count). The molecule has 0 aliphatic carbocycles. The average molecular weight is 285 g/mol. The van der Waals surface area contributed by atoms with Gasteiger partial charge < -0.3 is 25.4 Å². The monoisotopic (exact) mass is 285 g/mol. The van der Waals surface area contributed by atoms with Gasteiger partial charge in [-0.3, -0.25) is 9.59 Å². The van der Waals surface area contributed by atoms with Gasteiger partial charge in [-0.25, -0.2) is 4.79 Å². The fourth-order valence-electron chi connectivity index (χ4n) is 2.58. The van der Waals surface area contributed by atoms with Crippen molar-refractivity contribution in [1.82, 2.24) is 9.80 Å². The maximum atomic E-state index is 12.3. The van der Waals surface area contributed by atoms with E-state index in [1.165, 1.54) is 0 Å². The number of primary amides is 1. The largest absolute Gasteiger partial charge is 0.481 e. The van der Waals surface area contributed by atoms with Crippen molar-refractivity contribution in [3.63, 3.8) is 0 Å². The summed E-state index contributed by atoms with van der Waals surface area (Å²) < 4.78 is 5.32. The number of nitrogens with two attached hydrogens (primary N) is 1. The van der Waals surface area contributed by atoms with Gasteiger partial charge in [-0.05, 0) is 6.42 Å². The Balaban J connectivity index is 1.89. The molecule has 2 aliphatic rings. The lowest BCUT2D eigenvalue weighted by Crippen LogP contribution is -2.51. The zero-order valence-electron chi connectivity index (χ0n) is 11.2. The van der Waals surface area contributed by atoms with Crippen LogP contribution in [-0.2, 0) is 14.3 Å². The first kappa shape index (κ1) is 14.6. The van der Waals surface area contributed by atoms with Gasteiger partial charge in [0.15, 0.2) is 0 Å². The third-order valence-corrected chi connectivity index (χ3v) is 3.67. The molecule has 0 radical (unpaired) electrons. The number of carbonyl (C=O) groups is 3. The fraction of sp³-hybridized carbons (Fsp3) is 0.750. The van der Waals surface area contributed by atoms with Gasteiger partial charge in [0, 0.05) is 26.2 Å². The van der Waals surface area contributed by atoms with Crippen molar-refractivity contribution in [3.05, 3.63) is 0 Å². The number of aliphatic carboxylic acids is 1. The number of carboxylic acids is 1. The molecule has 2 heterocycles. The highest BCUT2D eigenvalue weighted by Crippen LogP contribution is 2.19. The van der Waals surface area contributed by atoms with Gasteiger partial charge in [0.05, 0.1) is 25.0 Å². The van der Waals surface area contributed by atoms with Crippen LogP contribution in [0.3, 0.4) is 0 Å². The van der Waals surface area contributed by atoms with Crippen molar-refractivity contribution in [1.29, 1.82) is 0 Å². The van der Waals surface area contributed by atoms with Crippen molar-refractivity contribution >= 4 is 17.9 Å². The van der Waals surface area contributed by atoms with Crippen LogP contribution in [0, 0.1) is 5.92 Å². The normalized spacial score (nSPS) is 26.6. The number of carboxylic acid groups (broad SMARTS) is 1. The van der Waals surface area contributed by atoms with Gasteiger partial charge in [-0.15, -0.1) is 0 Å². The van der Waals surface area contributed by atoms with Crippen LogP contribution in [0.4, 0.5) is 4.79 Å². The van der Waals surface area contributed by atoms with Crippen molar-refractivity contribution in [2.75, 3.05) is 32.8 Å². The Labute approximate surface area is 116 Å². The molecule has 8 nitrogen and oxygen atoms in total. The molecule has 20 heavy (non-hydrogen) atoms. The lowest BCUT2D eigenvalue weighted by molar-refractivity contribution is -0.141. The van der Waals surface area contributed by atoms with Crippen LogP contribution in [0.2, 0.25) is 0 Å². The van der Waals surface area contributed by atoms with E-state index in [9.17, 15) is 14.4 Å². The first-order valence-electron chi connectivity index (χ1n) is 6.64. The molecule has 112 valence electrons. The quantitative estimate of drug-likeness (QED) is 0.697. The van der Waals surface area contributed by atoms with E-state index in [1.807, 2.05) is 0 Å². The summed E-state index contributed by atoms with van der Waals surface area (Å²) in [5.74, 6) is -1.61. The van der Waals surface area contributed by atoms with E-state index in [4.69, 9.17) is 15.6 Å². The standard InChI is InChI=1S/C12H19N3O5/c13-11(18)8-1-2-14(6-8)12(19)15-3-4-20-9(7-15)5-10(16)17/h8-9H,1-7H2,(H2,13,18)(H,16,17). The summed E-state index contributed by atoms with van der Waals surface area (Å²) in [5.41, 5.74) is 5.24. The molecule has 0 aromatic rings. The van der Waals surface area contributed by atoms with Crippen LogP contribution >= 0.6 is 0 Å². The summed E-state index contributed by atoms with van der Waals surface area (Å²) in [6.07, 6.45) is -0.00256. The van der Waals surface area contributed by atoms with Crippen LogP contribution < -0.4 is 5.73 Å². The van der Waals surface area contributed by atoms with Gasteiger partial charge in [0.2, 0.25) is 5.91 Å². The maximum absolute atomic E-state index is 12.3. The van der Waals surface area contributed by atoms with Crippen molar-refractivity contribution in [3.8, 4) is 0 Å². The van der Waals surface area contributed by atoms with Gasteiger partial charge in [0.25, 0.3) is 0 Å². The molecule has 0 saturated carbocycles. The number of nitrogens with zero attached hydrogens (tertiary/aromatic N) is 2. The number of morpholine rings is 1. The summed E-state index contributed by atoms with van der Waals surface area (Å²) in [6.45, 7) is 1.88. The number of amides is 3. The number of rotatable bonds is 3. The van der Waals surface area contributed by atoms with Gasteiger partial charge in [-0.1, -0.05) is 0 Å². The molecule has 8 heteroatoms. The topological polar surface area (TPSA) is 113 Å². The summed E-state index contributed by atoms with van der Waals surface area (Å²) in [7, 11) is 0. The van der Waals surface area contributed by atoms with Crippen LogP contribution in [0.25, 0.3) is 0 Å². The van der Waals surface area contributed by atoms with E-state index in [1.54, 1.807) is 9.80 Å². The van der Waals surface area contributed by atoms with Gasteiger partial charge in [-0.2, -0.15) is 0 Å². The number of hydrogen-bond donors (Lipinski definition) is 2. The van der Waals surface area contributed by atoms with E-state index in [-0.39, 0.29) is 30.8 Å². The zero-order valence-corrected chi connectivity index (χ0v) is 11.2. The Hall–Kier alpha value is -1.83. The molecule has 2 unspecified atom stereocenters. The molecule has 0 bridgehead atoms. The lowest BCUT2D eigenvalue weighted by atomic mass is 10.1. The smallest absolute Gasteiger partial charge is 0.320 e. The second kappa shape index (κ2) is 6.08. The maximum Gasteiger partial charge on any atom is 0.320 e. The molecular formula is C12H19N3O5. The zero-order chi connectivity index (χ0) is 14.7. The van der Waals surface area contributed by atoms with E-state index in [0.29, 0.717) is 32.7 Å². The number of urea groups is 1. The minimum Gasteiger partial charge on any atom is -0.481 e. The summed E-state index contributed by atoms with van der Waals surface area (Å²) in [5, 5.41) is 8.75. The Morgan fingerprint density at radius 1 is 1.20 bits per heavy atom. The molecule has 3 N–H and O–H groups in total. The number of likely N-dealkylation sites (tertiary alicyclic amines) is 1. The van der Waals surface area contributed by atoms with Crippen LogP contribution in [0.5, 0.6) is 0 Å². The van der Waals surface area contributed by atoms with Crippen LogP contribution in [0.1, 0.15) is 12.8 Å². The number of ether oxygens (including phenoxy) is 1. The average Bonchev–Trinajstić information content (AvgIpc) is 2.87. The SMILES string of the molecule is NC(=O)C1CCN(C(=O)N2CCOC(CC(=O)O)C2)C1. The first-order valence-corrected chi connectivity index (χ1v) is 6.64.